The molecule has 0 aliphatic carbocycles. The first-order valence-electron chi connectivity index (χ1n) is 23.1. The second-order valence-electron chi connectivity index (χ2n) is 15.8. The van der Waals surface area contributed by atoms with Crippen LogP contribution in [-0.2, 0) is 14.5 Å². The number of pyridine rings is 3. The largest absolute Gasteiger partial charge is 0.481 e. The average molecular weight is 1380 g/mol. The fraction of sp³-hybridized carbons (Fsp3) is 0.176. The van der Waals surface area contributed by atoms with Crippen molar-refractivity contribution in [2.75, 3.05) is 69.0 Å². The summed E-state index contributed by atoms with van der Waals surface area (Å²) in [4.78, 5) is 68.1. The van der Waals surface area contributed by atoms with Crippen molar-refractivity contribution >= 4 is 171 Å². The standard InChI is InChI=1S/C17H15FIN3O4S.C17H15FIN3O3S.C17H16FN3O3S2/c1-25-13-5-3-10-14(15(24)22-26-7-6-23)17(27-16(10)21-13)20-12-4-2-9(19)8-11(12)18;1-9-2-4-11-14(15(24)22-25-7-6-23)17(26-16(11)20-9)21-13-5-3-10(19)8-12(13)18;1-25-10-4-5-13(12(18)9-10)20-17-14(15(23)21-24-8-7-22)11-3-2-6-19-16(11)26-17/h2-5,8,20,23H,6-7H2,1H3,(H,22,24);2-5,8,21,23H,6-7H2,1H3,(H,22,24);2-6,9,20,22H,7-8H2,1H3,(H,21,23). The Bertz CT molecular complexity index is 3620. The summed E-state index contributed by atoms with van der Waals surface area (Å²) in [5.74, 6) is -2.39. The molecule has 0 aliphatic heterocycles. The third-order valence-corrected chi connectivity index (χ3v) is 15.6. The molecule has 0 saturated heterocycles. The summed E-state index contributed by atoms with van der Waals surface area (Å²) in [6.45, 7) is 1.08. The van der Waals surface area contributed by atoms with Gasteiger partial charge in [0.05, 0.1) is 80.5 Å². The van der Waals surface area contributed by atoms with Gasteiger partial charge in [0.1, 0.15) is 46.9 Å². The van der Waals surface area contributed by atoms with Crippen LogP contribution in [0.1, 0.15) is 36.8 Å². The zero-order valence-corrected chi connectivity index (χ0v) is 49.1. The van der Waals surface area contributed by atoms with Gasteiger partial charge < -0.3 is 36.0 Å². The third-order valence-electron chi connectivity index (χ3n) is 10.4. The molecule has 0 bridgehead atoms. The minimum Gasteiger partial charge on any atom is -0.481 e. The van der Waals surface area contributed by atoms with Crippen LogP contribution >= 0.6 is 91.0 Å². The van der Waals surface area contributed by atoms with E-state index in [9.17, 15) is 27.6 Å². The number of hydrogen-bond donors (Lipinski definition) is 9. The molecule has 0 aliphatic rings. The molecule has 3 amide bonds. The SMILES string of the molecule is COc1ccc2c(C(=O)NOCCO)c(Nc3ccc(I)cc3F)sc2n1.CSc1ccc(Nc2sc3ncccc3c2C(=O)NOCCO)c(F)c1.Cc1ccc2c(C(=O)NOCCO)c(Nc3ccc(I)cc3F)sc2n1. The number of hydroxylamine groups is 3. The van der Waals surface area contributed by atoms with E-state index >= 15 is 0 Å². The van der Waals surface area contributed by atoms with Crippen molar-refractivity contribution in [3.63, 3.8) is 0 Å². The molecule has 0 atom stereocenters. The van der Waals surface area contributed by atoms with Crippen molar-refractivity contribution in [2.24, 2.45) is 0 Å². The van der Waals surface area contributed by atoms with Crippen molar-refractivity contribution in [3.05, 3.63) is 144 Å². The Morgan fingerprint density at radius 3 is 1.46 bits per heavy atom. The van der Waals surface area contributed by atoms with Gasteiger partial charge in [0, 0.05) is 46.2 Å². The molecule has 9 rings (SSSR count). The van der Waals surface area contributed by atoms with E-state index in [0.717, 1.165) is 17.7 Å². The van der Waals surface area contributed by atoms with Crippen LogP contribution in [0.5, 0.6) is 5.88 Å². The number of ether oxygens (including phenoxy) is 1. The Morgan fingerprint density at radius 2 is 1.01 bits per heavy atom. The quantitative estimate of drug-likeness (QED) is 0.0149. The van der Waals surface area contributed by atoms with Crippen molar-refractivity contribution in [1.29, 1.82) is 0 Å². The zero-order valence-electron chi connectivity index (χ0n) is 41.5. The number of carbonyl (C=O) groups is 3. The number of hydrogen-bond acceptors (Lipinski definition) is 20. The Kier molecular flexibility index (Phi) is 22.6. The molecule has 0 saturated carbocycles. The summed E-state index contributed by atoms with van der Waals surface area (Å²) in [5, 5.41) is 38.4. The smallest absolute Gasteiger partial charge is 0.278 e. The highest BCUT2D eigenvalue weighted by atomic mass is 127. The molecule has 19 nitrogen and oxygen atoms in total. The number of aliphatic hydroxyl groups excluding tert-OH is 3. The minimum absolute atomic E-state index is 0.0281. The fourth-order valence-corrected chi connectivity index (χ4v) is 11.5. The van der Waals surface area contributed by atoms with Gasteiger partial charge >= 0.3 is 0 Å². The van der Waals surface area contributed by atoms with E-state index in [2.05, 4.69) is 47.3 Å². The summed E-state index contributed by atoms with van der Waals surface area (Å²) in [6.07, 6.45) is 3.49. The van der Waals surface area contributed by atoms with Crippen LogP contribution in [0.2, 0.25) is 0 Å². The number of nitrogens with one attached hydrogen (secondary N) is 6. The van der Waals surface area contributed by atoms with Gasteiger partial charge in [-0.05, 0) is 143 Å². The molecule has 0 unspecified atom stereocenters. The van der Waals surface area contributed by atoms with Crippen LogP contribution in [0.25, 0.3) is 30.6 Å². The lowest BCUT2D eigenvalue weighted by Crippen LogP contribution is -2.25. The number of aromatic nitrogens is 3. The highest BCUT2D eigenvalue weighted by Crippen LogP contribution is 2.40. The van der Waals surface area contributed by atoms with Crippen LogP contribution in [0.4, 0.5) is 45.2 Å². The molecule has 0 fully saturated rings. The highest BCUT2D eigenvalue weighted by molar-refractivity contribution is 14.1. The molecule has 0 radical (unpaired) electrons. The Morgan fingerprint density at radius 1 is 0.582 bits per heavy atom. The van der Waals surface area contributed by atoms with Crippen molar-refractivity contribution in [3.8, 4) is 5.88 Å². The monoisotopic (exact) mass is 1380 g/mol. The molecule has 414 valence electrons. The second kappa shape index (κ2) is 29.4. The minimum atomic E-state index is -0.532. The zero-order chi connectivity index (χ0) is 56.6. The van der Waals surface area contributed by atoms with E-state index in [-0.39, 0.29) is 62.3 Å². The fourth-order valence-electron chi connectivity index (χ4n) is 6.93. The van der Waals surface area contributed by atoms with Crippen LogP contribution in [0.3, 0.4) is 0 Å². The first-order chi connectivity index (χ1) is 38.2. The van der Waals surface area contributed by atoms with Gasteiger partial charge in [-0.15, -0.1) is 11.8 Å². The van der Waals surface area contributed by atoms with Crippen molar-refractivity contribution in [1.82, 2.24) is 31.4 Å². The summed E-state index contributed by atoms with van der Waals surface area (Å²) in [5.41, 5.74) is 9.30. The van der Waals surface area contributed by atoms with E-state index in [1.807, 2.05) is 58.4 Å². The van der Waals surface area contributed by atoms with Gasteiger partial charge in [-0.1, -0.05) is 34.0 Å². The Balaban J connectivity index is 0.000000172. The van der Waals surface area contributed by atoms with Crippen LogP contribution in [0, 0.1) is 31.5 Å². The van der Waals surface area contributed by atoms with Gasteiger partial charge in [-0.25, -0.2) is 44.6 Å². The molecule has 28 heteroatoms. The Labute approximate surface area is 491 Å². The normalized spacial score (nSPS) is 10.9. The van der Waals surface area contributed by atoms with E-state index < -0.39 is 35.2 Å². The topological polar surface area (TPSA) is 260 Å². The van der Waals surface area contributed by atoms with Gasteiger partial charge in [-0.3, -0.25) is 28.9 Å². The number of thioether (sulfide) groups is 1. The van der Waals surface area contributed by atoms with Gasteiger partial charge in [0.25, 0.3) is 17.7 Å². The number of thiophene rings is 3. The Hall–Kier alpha value is -6.04. The maximum atomic E-state index is 14.3. The molecule has 6 heterocycles. The summed E-state index contributed by atoms with van der Waals surface area (Å²) in [7, 11) is 1.50. The number of halogens is 5. The van der Waals surface area contributed by atoms with Crippen molar-refractivity contribution in [2.45, 2.75) is 11.8 Å². The predicted octanol–water partition coefficient (Wildman–Crippen LogP) is 10.7. The molecular formula is C51H46F3I2N9O10S4. The van der Waals surface area contributed by atoms with E-state index in [1.54, 1.807) is 79.0 Å². The predicted molar refractivity (Wildman–Crippen MR) is 318 cm³/mol. The molecule has 9 N–H and O–H groups in total. The van der Waals surface area contributed by atoms with Gasteiger partial charge in [-0.2, -0.15) is 0 Å². The molecule has 3 aromatic carbocycles. The lowest BCUT2D eigenvalue weighted by molar-refractivity contribution is 0.0167. The average Bonchev–Trinajstić information content (AvgIpc) is 4.27. The van der Waals surface area contributed by atoms with Crippen molar-refractivity contribution < 1.29 is 62.1 Å². The molecular weight excluding hydrogens is 1340 g/mol. The van der Waals surface area contributed by atoms with Crippen LogP contribution < -0.4 is 37.1 Å². The number of benzene rings is 3. The lowest BCUT2D eigenvalue weighted by atomic mass is 10.2. The number of anilines is 6. The first-order valence-corrected chi connectivity index (χ1v) is 28.9. The number of aliphatic hydroxyl groups is 3. The number of nitrogens with zero attached hydrogens (tertiary/aromatic N) is 3. The van der Waals surface area contributed by atoms with Crippen LogP contribution in [0.15, 0.2) is 102 Å². The third kappa shape index (κ3) is 15.9. The summed E-state index contributed by atoms with van der Waals surface area (Å²) in [6, 6.07) is 24.8. The maximum Gasteiger partial charge on any atom is 0.278 e. The molecule has 6 aromatic heterocycles. The molecule has 0 spiro atoms. The van der Waals surface area contributed by atoms with E-state index in [0.29, 0.717) is 62.7 Å². The first kappa shape index (κ1) is 60.6. The summed E-state index contributed by atoms with van der Waals surface area (Å²) >= 11 is 9.19. The lowest BCUT2D eigenvalue weighted by Gasteiger charge is -2.10. The van der Waals surface area contributed by atoms with E-state index in [1.165, 1.54) is 71.1 Å². The number of rotatable bonds is 20. The number of fused-ring (bicyclic) bond motifs is 3. The number of carbonyl (C=O) groups excluding carboxylic acids is 3. The number of aryl methyl sites for hydroxylation is 1. The second-order valence-corrected chi connectivity index (χ2v) is 22.1. The summed E-state index contributed by atoms with van der Waals surface area (Å²) < 4.78 is 49.4. The molecule has 79 heavy (non-hydrogen) atoms. The van der Waals surface area contributed by atoms with Gasteiger partial charge in [0.2, 0.25) is 5.88 Å². The number of methoxy groups -OCH3 is 1. The van der Waals surface area contributed by atoms with Crippen LogP contribution in [-0.4, -0.2) is 101 Å². The number of amides is 3. The maximum absolute atomic E-state index is 14.3. The van der Waals surface area contributed by atoms with Gasteiger partial charge in [0.15, 0.2) is 0 Å². The van der Waals surface area contributed by atoms with E-state index in [4.69, 9.17) is 34.6 Å². The molecule has 9 aromatic rings. The highest BCUT2D eigenvalue weighted by Gasteiger charge is 2.25.